The summed E-state index contributed by atoms with van der Waals surface area (Å²) in [5.41, 5.74) is -1.80. The van der Waals surface area contributed by atoms with E-state index in [1.807, 2.05) is 0 Å². The lowest BCUT2D eigenvalue weighted by atomic mass is 9.96. The Labute approximate surface area is 141 Å². The van der Waals surface area contributed by atoms with Gasteiger partial charge in [-0.2, -0.15) is 13.2 Å². The van der Waals surface area contributed by atoms with Crippen LogP contribution in [0.15, 0.2) is 18.2 Å². The van der Waals surface area contributed by atoms with Crippen molar-refractivity contribution in [1.29, 1.82) is 0 Å². The summed E-state index contributed by atoms with van der Waals surface area (Å²) in [5.74, 6) is -5.05. The standard InChI is InChI=1S/C14H16F6N2O.ClH/c15-11-7-9(14(18,19)20)1-2-10(11)12(13(16,17)8-23)22-5-3-21-4-6-22;/h1-2,7,12,21,23H,3-6,8H2;1H/t12-;/m0./s1. The van der Waals surface area contributed by atoms with Gasteiger partial charge < -0.3 is 10.4 Å². The Hall–Kier alpha value is -1.03. The van der Waals surface area contributed by atoms with E-state index >= 15 is 0 Å². The van der Waals surface area contributed by atoms with E-state index in [2.05, 4.69) is 5.32 Å². The first-order chi connectivity index (χ1) is 10.7. The van der Waals surface area contributed by atoms with Crippen molar-refractivity contribution in [2.45, 2.75) is 18.1 Å². The maximum absolute atomic E-state index is 14.1. The molecule has 0 unspecified atom stereocenters. The monoisotopic (exact) mass is 378 g/mol. The molecule has 0 saturated carbocycles. The van der Waals surface area contributed by atoms with Gasteiger partial charge in [0.2, 0.25) is 0 Å². The summed E-state index contributed by atoms with van der Waals surface area (Å²) in [6.07, 6.45) is -4.76. The number of hydrogen-bond acceptors (Lipinski definition) is 3. The van der Waals surface area contributed by atoms with Crippen LogP contribution in [0.1, 0.15) is 17.2 Å². The number of nitrogens with zero attached hydrogens (tertiary/aromatic N) is 1. The van der Waals surface area contributed by atoms with Gasteiger partial charge in [0, 0.05) is 31.7 Å². The number of halogens is 7. The minimum Gasteiger partial charge on any atom is -0.390 e. The number of rotatable bonds is 4. The van der Waals surface area contributed by atoms with Gasteiger partial charge in [-0.05, 0) is 12.1 Å². The average Bonchev–Trinajstić information content (AvgIpc) is 2.49. The van der Waals surface area contributed by atoms with Crippen LogP contribution < -0.4 is 5.32 Å². The van der Waals surface area contributed by atoms with E-state index in [4.69, 9.17) is 5.11 Å². The average molecular weight is 379 g/mol. The predicted octanol–water partition coefficient (Wildman–Crippen LogP) is 2.84. The summed E-state index contributed by atoms with van der Waals surface area (Å²) in [6.45, 7) is -0.413. The number of hydrogen-bond donors (Lipinski definition) is 2. The van der Waals surface area contributed by atoms with Crippen LogP contribution in [0, 0.1) is 5.82 Å². The molecule has 3 nitrogen and oxygen atoms in total. The molecule has 24 heavy (non-hydrogen) atoms. The highest BCUT2D eigenvalue weighted by Crippen LogP contribution is 2.39. The van der Waals surface area contributed by atoms with Gasteiger partial charge in [0.1, 0.15) is 18.5 Å². The Morgan fingerprint density at radius 3 is 2.17 bits per heavy atom. The first-order valence-electron chi connectivity index (χ1n) is 6.97. The van der Waals surface area contributed by atoms with Gasteiger partial charge in [-0.1, -0.05) is 6.07 Å². The molecule has 2 rings (SSSR count). The van der Waals surface area contributed by atoms with E-state index in [0.29, 0.717) is 25.2 Å². The van der Waals surface area contributed by atoms with E-state index in [1.165, 1.54) is 4.90 Å². The molecule has 0 aromatic heterocycles. The van der Waals surface area contributed by atoms with Crippen LogP contribution in [-0.2, 0) is 6.18 Å². The molecular formula is C14H17ClF6N2O. The maximum Gasteiger partial charge on any atom is 0.416 e. The first kappa shape index (κ1) is 21.0. The molecule has 2 N–H and O–H groups in total. The molecule has 1 fully saturated rings. The molecule has 10 heteroatoms. The molecule has 1 aliphatic rings. The minimum atomic E-state index is -4.76. The fourth-order valence-corrected chi connectivity index (χ4v) is 2.64. The second-order valence-corrected chi connectivity index (χ2v) is 5.34. The third-order valence-corrected chi connectivity index (χ3v) is 3.75. The lowest BCUT2D eigenvalue weighted by molar-refractivity contribution is -0.137. The molecule has 1 aliphatic heterocycles. The Morgan fingerprint density at radius 2 is 1.71 bits per heavy atom. The zero-order valence-electron chi connectivity index (χ0n) is 12.4. The zero-order valence-corrected chi connectivity index (χ0v) is 13.2. The van der Waals surface area contributed by atoms with Crippen molar-refractivity contribution in [2.75, 3.05) is 32.8 Å². The van der Waals surface area contributed by atoms with Gasteiger partial charge in [-0.3, -0.25) is 4.90 Å². The highest BCUT2D eigenvalue weighted by Gasteiger charge is 2.45. The van der Waals surface area contributed by atoms with Gasteiger partial charge in [0.15, 0.2) is 0 Å². The first-order valence-corrected chi connectivity index (χ1v) is 6.97. The number of alkyl halides is 5. The second-order valence-electron chi connectivity index (χ2n) is 5.34. The number of aliphatic hydroxyl groups excluding tert-OH is 1. The van der Waals surface area contributed by atoms with Crippen LogP contribution in [-0.4, -0.2) is 48.7 Å². The SMILES string of the molecule is Cl.OCC(F)(F)[C@H](c1ccc(C(F)(F)F)cc1F)N1CCNCC1. The Balaban J connectivity index is 0.00000288. The molecule has 1 saturated heterocycles. The van der Waals surface area contributed by atoms with Crippen LogP contribution in [0.25, 0.3) is 0 Å². The van der Waals surface area contributed by atoms with Crippen molar-refractivity contribution >= 4 is 12.4 Å². The van der Waals surface area contributed by atoms with Crippen molar-refractivity contribution in [2.24, 2.45) is 0 Å². The van der Waals surface area contributed by atoms with Gasteiger partial charge >= 0.3 is 6.18 Å². The highest BCUT2D eigenvalue weighted by molar-refractivity contribution is 5.85. The summed E-state index contributed by atoms with van der Waals surface area (Å²) in [6, 6.07) is -0.329. The molecule has 0 spiro atoms. The number of benzene rings is 1. The van der Waals surface area contributed by atoms with Crippen LogP contribution in [0.4, 0.5) is 26.3 Å². The molecular weight excluding hydrogens is 362 g/mol. The van der Waals surface area contributed by atoms with Crippen LogP contribution >= 0.6 is 12.4 Å². The van der Waals surface area contributed by atoms with E-state index in [0.717, 1.165) is 0 Å². The quantitative estimate of drug-likeness (QED) is 0.791. The third kappa shape index (κ3) is 4.53. The van der Waals surface area contributed by atoms with Crippen molar-refractivity contribution in [3.8, 4) is 0 Å². The van der Waals surface area contributed by atoms with E-state index in [1.54, 1.807) is 0 Å². The predicted molar refractivity (Wildman–Crippen MR) is 77.9 cm³/mol. The fourth-order valence-electron chi connectivity index (χ4n) is 2.64. The van der Waals surface area contributed by atoms with E-state index in [9.17, 15) is 26.3 Å². The molecule has 1 aromatic carbocycles. The maximum atomic E-state index is 14.1. The lowest BCUT2D eigenvalue weighted by Gasteiger charge is -2.38. The van der Waals surface area contributed by atoms with Crippen LogP contribution in [0.3, 0.4) is 0 Å². The Morgan fingerprint density at radius 1 is 1.12 bits per heavy atom. The molecule has 0 aliphatic carbocycles. The Bertz CT molecular complexity index is 549. The molecule has 1 heterocycles. The zero-order chi connectivity index (χ0) is 17.3. The van der Waals surface area contributed by atoms with Gasteiger partial charge in [0.25, 0.3) is 5.92 Å². The van der Waals surface area contributed by atoms with E-state index < -0.39 is 41.7 Å². The molecule has 1 aromatic rings. The summed E-state index contributed by atoms with van der Waals surface area (Å²) in [4.78, 5) is 1.26. The van der Waals surface area contributed by atoms with E-state index in [-0.39, 0.29) is 31.6 Å². The minimum absolute atomic E-state index is 0. The van der Waals surface area contributed by atoms with Crippen molar-refractivity contribution < 1.29 is 31.4 Å². The summed E-state index contributed by atoms with van der Waals surface area (Å²) >= 11 is 0. The molecule has 0 amide bonds. The molecule has 138 valence electrons. The number of nitrogens with one attached hydrogen (secondary N) is 1. The smallest absolute Gasteiger partial charge is 0.390 e. The van der Waals surface area contributed by atoms with Gasteiger partial charge in [-0.25, -0.2) is 13.2 Å². The number of piperazine rings is 1. The topological polar surface area (TPSA) is 35.5 Å². The summed E-state index contributed by atoms with van der Waals surface area (Å²) < 4.78 is 80.0. The molecule has 0 radical (unpaired) electrons. The lowest BCUT2D eigenvalue weighted by Crippen LogP contribution is -2.51. The third-order valence-electron chi connectivity index (χ3n) is 3.75. The van der Waals surface area contributed by atoms with Crippen molar-refractivity contribution in [3.05, 3.63) is 35.1 Å². The highest BCUT2D eigenvalue weighted by atomic mass is 35.5. The van der Waals surface area contributed by atoms with Crippen molar-refractivity contribution in [3.63, 3.8) is 0 Å². The fraction of sp³-hybridized carbons (Fsp3) is 0.571. The molecule has 1 atom stereocenters. The van der Waals surface area contributed by atoms with Crippen molar-refractivity contribution in [1.82, 2.24) is 10.2 Å². The van der Waals surface area contributed by atoms with Gasteiger partial charge in [-0.15, -0.1) is 12.4 Å². The number of aliphatic hydroxyl groups is 1. The summed E-state index contributed by atoms with van der Waals surface area (Å²) in [5, 5.41) is 11.9. The van der Waals surface area contributed by atoms with Crippen LogP contribution in [0.2, 0.25) is 0 Å². The van der Waals surface area contributed by atoms with Gasteiger partial charge in [0.05, 0.1) is 5.56 Å². The molecule has 0 bridgehead atoms. The van der Waals surface area contributed by atoms with Crippen LogP contribution in [0.5, 0.6) is 0 Å². The largest absolute Gasteiger partial charge is 0.416 e. The summed E-state index contributed by atoms with van der Waals surface area (Å²) in [7, 11) is 0. The Kier molecular flexibility index (Phi) is 6.92. The second kappa shape index (κ2) is 7.90. The normalized spacial score (nSPS) is 18.1.